The van der Waals surface area contributed by atoms with E-state index in [1.165, 1.54) is 0 Å². The van der Waals surface area contributed by atoms with Gasteiger partial charge in [-0.05, 0) is 30.9 Å². The second kappa shape index (κ2) is 15.0. The van der Waals surface area contributed by atoms with Crippen LogP contribution in [0.2, 0.25) is 0 Å². The maximum absolute atomic E-state index is 13.0. The van der Waals surface area contributed by atoms with Crippen LogP contribution >= 0.6 is 0 Å². The highest BCUT2D eigenvalue weighted by Gasteiger charge is 2.31. The number of rotatable bonds is 16. The lowest BCUT2D eigenvalue weighted by Gasteiger charge is -2.24. The Bertz CT molecular complexity index is 1240. The molecule has 16 nitrogen and oxygen atoms in total. The summed E-state index contributed by atoms with van der Waals surface area (Å²) in [6.45, 7) is -0.811. The zero-order valence-electron chi connectivity index (χ0n) is 21.5. The molecule has 2 rings (SSSR count). The number of aliphatic hydroxyl groups excluding tert-OH is 1. The first-order valence-corrected chi connectivity index (χ1v) is 12.3. The molecule has 0 saturated heterocycles. The number of aliphatic imine (C=N–C) groups is 1. The summed E-state index contributed by atoms with van der Waals surface area (Å²) in [5, 5.41) is 35.2. The first-order chi connectivity index (χ1) is 18.9. The number of aromatic amines is 1. The molecule has 0 aliphatic heterocycles. The maximum Gasteiger partial charge on any atom is 0.326 e. The van der Waals surface area contributed by atoms with Gasteiger partial charge < -0.3 is 53.5 Å². The van der Waals surface area contributed by atoms with Gasteiger partial charge in [0, 0.05) is 23.6 Å². The van der Waals surface area contributed by atoms with E-state index in [1.807, 2.05) is 29.6 Å². The van der Waals surface area contributed by atoms with Crippen molar-refractivity contribution >= 4 is 46.5 Å². The van der Waals surface area contributed by atoms with Crippen LogP contribution in [0.25, 0.3) is 10.9 Å². The predicted octanol–water partition coefficient (Wildman–Crippen LogP) is -2.90. The van der Waals surface area contributed by atoms with Crippen molar-refractivity contribution in [1.82, 2.24) is 20.9 Å². The van der Waals surface area contributed by atoms with Crippen LogP contribution in [-0.4, -0.2) is 93.2 Å². The van der Waals surface area contributed by atoms with Gasteiger partial charge in [0.15, 0.2) is 5.96 Å². The van der Waals surface area contributed by atoms with Crippen molar-refractivity contribution in [3.8, 4) is 0 Å². The summed E-state index contributed by atoms with van der Waals surface area (Å²) in [5.41, 5.74) is 18.4. The minimum Gasteiger partial charge on any atom is -0.481 e. The fraction of sp³-hybridized carbons (Fsp3) is 0.417. The highest BCUT2D eigenvalue weighted by atomic mass is 16.4. The number of hydrogen-bond donors (Lipinski definition) is 10. The monoisotopic (exact) mass is 562 g/mol. The van der Waals surface area contributed by atoms with E-state index in [4.69, 9.17) is 27.4 Å². The van der Waals surface area contributed by atoms with E-state index in [-0.39, 0.29) is 31.8 Å². The molecular weight excluding hydrogens is 528 g/mol. The van der Waals surface area contributed by atoms with Crippen LogP contribution in [0.15, 0.2) is 35.5 Å². The first-order valence-electron chi connectivity index (χ1n) is 12.3. The number of aliphatic carboxylic acids is 2. The van der Waals surface area contributed by atoms with Crippen molar-refractivity contribution in [2.24, 2.45) is 22.2 Å². The van der Waals surface area contributed by atoms with Gasteiger partial charge in [0.1, 0.15) is 18.1 Å². The Kier molecular flexibility index (Phi) is 11.8. The minimum atomic E-state index is -1.80. The molecule has 0 saturated carbocycles. The molecule has 40 heavy (non-hydrogen) atoms. The molecule has 3 amide bonds. The Labute approximate surface area is 228 Å². The molecule has 0 spiro atoms. The van der Waals surface area contributed by atoms with Gasteiger partial charge >= 0.3 is 11.9 Å². The number of para-hydroxylation sites is 1. The fourth-order valence-corrected chi connectivity index (χ4v) is 3.79. The third-order valence-electron chi connectivity index (χ3n) is 5.84. The summed E-state index contributed by atoms with van der Waals surface area (Å²) in [5.74, 6) is -5.94. The molecule has 16 heteroatoms. The van der Waals surface area contributed by atoms with Crippen LogP contribution in [0.1, 0.15) is 24.8 Å². The van der Waals surface area contributed by atoms with E-state index in [0.29, 0.717) is 0 Å². The highest BCUT2D eigenvalue weighted by molar-refractivity contribution is 5.95. The second-order valence-corrected chi connectivity index (χ2v) is 8.92. The number of aromatic nitrogens is 1. The number of carboxylic acids is 2. The number of H-pyrrole nitrogens is 1. The van der Waals surface area contributed by atoms with Gasteiger partial charge in [-0.15, -0.1) is 0 Å². The largest absolute Gasteiger partial charge is 0.481 e. The average molecular weight is 563 g/mol. The number of carbonyl (C=O) groups excluding carboxylic acids is 3. The molecule has 4 unspecified atom stereocenters. The molecule has 0 aliphatic carbocycles. The Morgan fingerprint density at radius 3 is 2.17 bits per heavy atom. The summed E-state index contributed by atoms with van der Waals surface area (Å²) in [4.78, 5) is 67.5. The highest BCUT2D eigenvalue weighted by Crippen LogP contribution is 2.18. The Morgan fingerprint density at radius 1 is 0.925 bits per heavy atom. The van der Waals surface area contributed by atoms with Crippen LogP contribution in [0.5, 0.6) is 0 Å². The van der Waals surface area contributed by atoms with E-state index in [1.54, 1.807) is 6.20 Å². The lowest BCUT2D eigenvalue weighted by atomic mass is 10.0. The Balaban J connectivity index is 2.11. The van der Waals surface area contributed by atoms with Crippen LogP contribution in [-0.2, 0) is 30.4 Å². The van der Waals surface area contributed by atoms with Crippen LogP contribution in [0.3, 0.4) is 0 Å². The fourth-order valence-electron chi connectivity index (χ4n) is 3.79. The number of nitrogens with two attached hydrogens (primary N) is 3. The Morgan fingerprint density at radius 2 is 1.55 bits per heavy atom. The number of aliphatic hydroxyl groups is 1. The number of carboxylic acid groups (broad SMARTS) is 2. The molecule has 0 aliphatic rings. The van der Waals surface area contributed by atoms with Gasteiger partial charge in [0.05, 0.1) is 19.1 Å². The predicted molar refractivity (Wildman–Crippen MR) is 143 cm³/mol. The average Bonchev–Trinajstić information content (AvgIpc) is 3.30. The van der Waals surface area contributed by atoms with Crippen LogP contribution < -0.4 is 33.2 Å². The smallest absolute Gasteiger partial charge is 0.326 e. The topological polar surface area (TPSA) is 288 Å². The normalized spacial score (nSPS) is 13.8. The quantitative estimate of drug-likeness (QED) is 0.0562. The lowest BCUT2D eigenvalue weighted by molar-refractivity contribution is -0.147. The van der Waals surface area contributed by atoms with Crippen molar-refractivity contribution < 1.29 is 39.3 Å². The van der Waals surface area contributed by atoms with Gasteiger partial charge in [-0.2, -0.15) is 0 Å². The SMILES string of the molecule is NC(N)=NCCCC(NC(=O)C(N)Cc1c[nH]c2ccccc12)C(=O)NC(CO)C(=O)NC(CC(=O)O)C(=O)O. The van der Waals surface area contributed by atoms with Gasteiger partial charge in [0.2, 0.25) is 17.7 Å². The third-order valence-corrected chi connectivity index (χ3v) is 5.84. The molecule has 0 radical (unpaired) electrons. The molecule has 218 valence electrons. The number of carbonyl (C=O) groups is 5. The number of amides is 3. The zero-order valence-corrected chi connectivity index (χ0v) is 21.5. The van der Waals surface area contributed by atoms with Crippen molar-refractivity contribution in [3.63, 3.8) is 0 Å². The number of benzene rings is 1. The molecule has 1 heterocycles. The zero-order chi connectivity index (χ0) is 29.8. The Hall–Kier alpha value is -4.70. The summed E-state index contributed by atoms with van der Waals surface area (Å²) < 4.78 is 0. The summed E-state index contributed by atoms with van der Waals surface area (Å²) in [7, 11) is 0. The van der Waals surface area contributed by atoms with E-state index in [0.717, 1.165) is 16.5 Å². The standard InChI is InChI=1S/C24H34N8O8/c25-14(8-12-10-29-15-5-2-1-4-13(12)15)20(36)30-16(6-3-7-28-24(26)27)21(37)32-18(11-33)22(38)31-17(23(39)40)9-19(34)35/h1-2,4-5,10,14,16-18,29,33H,3,6-9,11,25H2,(H,30,36)(H,31,38)(H,32,37)(H,34,35)(H,39,40)(H4,26,27,28). The third kappa shape index (κ3) is 9.55. The lowest BCUT2D eigenvalue weighted by Crippen LogP contribution is -2.58. The van der Waals surface area contributed by atoms with Crippen molar-refractivity contribution in [1.29, 1.82) is 0 Å². The summed E-state index contributed by atoms with van der Waals surface area (Å²) >= 11 is 0. The number of nitrogens with zero attached hydrogens (tertiary/aromatic N) is 1. The van der Waals surface area contributed by atoms with E-state index in [9.17, 15) is 29.1 Å². The van der Waals surface area contributed by atoms with Gasteiger partial charge in [-0.1, -0.05) is 18.2 Å². The maximum atomic E-state index is 13.0. The molecular formula is C24H34N8O8. The molecule has 0 fully saturated rings. The van der Waals surface area contributed by atoms with Gasteiger partial charge in [-0.25, -0.2) is 4.79 Å². The van der Waals surface area contributed by atoms with Gasteiger partial charge in [-0.3, -0.25) is 24.2 Å². The molecule has 4 atom stereocenters. The van der Waals surface area contributed by atoms with Crippen molar-refractivity contribution in [2.45, 2.75) is 49.9 Å². The molecule has 1 aromatic carbocycles. The minimum absolute atomic E-state index is 0.0185. The van der Waals surface area contributed by atoms with Crippen LogP contribution in [0.4, 0.5) is 0 Å². The molecule has 0 bridgehead atoms. The van der Waals surface area contributed by atoms with Crippen LogP contribution in [0, 0.1) is 0 Å². The second-order valence-electron chi connectivity index (χ2n) is 8.92. The number of hydrogen-bond acceptors (Lipinski definition) is 8. The van der Waals surface area contributed by atoms with E-state index < -0.39 is 66.9 Å². The van der Waals surface area contributed by atoms with E-state index in [2.05, 4.69) is 20.6 Å². The number of nitrogens with one attached hydrogen (secondary N) is 4. The first kappa shape index (κ1) is 31.5. The van der Waals surface area contributed by atoms with Crippen molar-refractivity contribution in [2.75, 3.05) is 13.2 Å². The van der Waals surface area contributed by atoms with E-state index >= 15 is 0 Å². The number of guanidine groups is 1. The summed E-state index contributed by atoms with van der Waals surface area (Å²) in [6, 6.07) is 1.73. The molecule has 1 aromatic heterocycles. The molecule has 2 aromatic rings. The van der Waals surface area contributed by atoms with Crippen molar-refractivity contribution in [3.05, 3.63) is 36.0 Å². The number of fused-ring (bicyclic) bond motifs is 1. The van der Waals surface area contributed by atoms with Gasteiger partial charge in [0.25, 0.3) is 0 Å². The molecule has 13 N–H and O–H groups in total. The summed E-state index contributed by atoms with van der Waals surface area (Å²) in [6.07, 6.45) is 1.22.